The average molecular weight is 221 g/mol. The van der Waals surface area contributed by atoms with Crippen molar-refractivity contribution >= 4 is 16.0 Å². The Hall–Kier alpha value is -0.880. The van der Waals surface area contributed by atoms with Gasteiger partial charge in [-0.05, 0) is 13.8 Å². The highest BCUT2D eigenvalue weighted by Crippen LogP contribution is 1.91. The van der Waals surface area contributed by atoms with E-state index in [1.165, 1.54) is 13.8 Å². The second kappa shape index (κ2) is 5.77. The fraction of sp³-hybridized carbons (Fsp3) is 0.625. The standard InChI is InChI=1S/C8H15NO4S/c1-4-14(11,12)9-5-6-13-8(10)7(2)3/h9H,2,4-6H2,1,3H3. The summed E-state index contributed by atoms with van der Waals surface area (Å²) in [5, 5.41) is 0. The van der Waals surface area contributed by atoms with Gasteiger partial charge in [-0.15, -0.1) is 0 Å². The molecular formula is C8H15NO4S. The molecule has 82 valence electrons. The van der Waals surface area contributed by atoms with Gasteiger partial charge in [0, 0.05) is 12.1 Å². The molecule has 0 bridgehead atoms. The molecule has 0 aromatic carbocycles. The highest BCUT2D eigenvalue weighted by atomic mass is 32.2. The Labute approximate surface area is 84.2 Å². The lowest BCUT2D eigenvalue weighted by atomic mass is 10.4. The number of carbonyl (C=O) groups excluding carboxylic acids is 1. The molecule has 1 N–H and O–H groups in total. The van der Waals surface area contributed by atoms with E-state index in [4.69, 9.17) is 0 Å². The number of esters is 1. The first-order valence-corrected chi connectivity index (χ1v) is 5.84. The van der Waals surface area contributed by atoms with Crippen LogP contribution in [-0.4, -0.2) is 33.3 Å². The van der Waals surface area contributed by atoms with Crippen molar-refractivity contribution in [2.45, 2.75) is 13.8 Å². The molecule has 0 aliphatic heterocycles. The summed E-state index contributed by atoms with van der Waals surface area (Å²) in [4.78, 5) is 10.8. The van der Waals surface area contributed by atoms with Crippen molar-refractivity contribution < 1.29 is 17.9 Å². The second-order valence-electron chi connectivity index (χ2n) is 2.71. The summed E-state index contributed by atoms with van der Waals surface area (Å²) < 4.78 is 28.8. The van der Waals surface area contributed by atoms with Crippen LogP contribution in [0.15, 0.2) is 12.2 Å². The van der Waals surface area contributed by atoms with E-state index in [1.54, 1.807) is 0 Å². The van der Waals surface area contributed by atoms with Gasteiger partial charge >= 0.3 is 5.97 Å². The molecule has 0 aliphatic carbocycles. The van der Waals surface area contributed by atoms with Crippen molar-refractivity contribution in [2.75, 3.05) is 18.9 Å². The molecule has 0 heterocycles. The Bertz CT molecular complexity index is 307. The van der Waals surface area contributed by atoms with Gasteiger partial charge in [-0.3, -0.25) is 0 Å². The van der Waals surface area contributed by atoms with E-state index < -0.39 is 16.0 Å². The minimum absolute atomic E-state index is 0.0153. The van der Waals surface area contributed by atoms with Gasteiger partial charge in [0.2, 0.25) is 10.0 Å². The zero-order valence-corrected chi connectivity index (χ0v) is 9.19. The van der Waals surface area contributed by atoms with Crippen LogP contribution < -0.4 is 4.72 Å². The maximum absolute atomic E-state index is 10.9. The molecule has 6 heteroatoms. The minimum atomic E-state index is -3.20. The molecule has 0 amide bonds. The molecule has 0 aromatic heterocycles. The summed E-state index contributed by atoms with van der Waals surface area (Å²) in [6.45, 7) is 6.55. The van der Waals surface area contributed by atoms with Gasteiger partial charge in [-0.25, -0.2) is 17.9 Å². The Kier molecular flexibility index (Phi) is 5.40. The van der Waals surface area contributed by atoms with E-state index in [9.17, 15) is 13.2 Å². The average Bonchev–Trinajstić information content (AvgIpc) is 2.12. The van der Waals surface area contributed by atoms with Crippen LogP contribution in [-0.2, 0) is 19.6 Å². The first kappa shape index (κ1) is 13.1. The number of rotatable bonds is 6. The number of hydrogen-bond acceptors (Lipinski definition) is 4. The number of ether oxygens (including phenoxy) is 1. The van der Waals surface area contributed by atoms with Crippen LogP contribution in [0, 0.1) is 0 Å². The summed E-state index contributed by atoms with van der Waals surface area (Å²) in [6, 6.07) is 0. The van der Waals surface area contributed by atoms with E-state index in [0.717, 1.165) is 0 Å². The molecule has 0 atom stereocenters. The van der Waals surface area contributed by atoms with E-state index in [-0.39, 0.29) is 18.9 Å². The SMILES string of the molecule is C=C(C)C(=O)OCCNS(=O)(=O)CC. The van der Waals surface area contributed by atoms with Crippen molar-refractivity contribution in [3.63, 3.8) is 0 Å². The quantitative estimate of drug-likeness (QED) is 0.390. The third-order valence-electron chi connectivity index (χ3n) is 1.39. The second-order valence-corrected chi connectivity index (χ2v) is 4.81. The van der Waals surface area contributed by atoms with Crippen LogP contribution >= 0.6 is 0 Å². The summed E-state index contributed by atoms with van der Waals surface area (Å²) in [5.74, 6) is -0.498. The summed E-state index contributed by atoms with van der Waals surface area (Å²) in [6.07, 6.45) is 0. The van der Waals surface area contributed by atoms with Gasteiger partial charge in [-0.2, -0.15) is 0 Å². The highest BCUT2D eigenvalue weighted by molar-refractivity contribution is 7.89. The lowest BCUT2D eigenvalue weighted by Crippen LogP contribution is -2.29. The van der Waals surface area contributed by atoms with Gasteiger partial charge < -0.3 is 4.74 Å². The Morgan fingerprint density at radius 1 is 1.50 bits per heavy atom. The summed E-state index contributed by atoms with van der Waals surface area (Å²) in [7, 11) is -3.20. The van der Waals surface area contributed by atoms with Crippen LogP contribution in [0.25, 0.3) is 0 Å². The van der Waals surface area contributed by atoms with E-state index in [0.29, 0.717) is 5.57 Å². The van der Waals surface area contributed by atoms with Gasteiger partial charge in [0.1, 0.15) is 6.61 Å². The molecule has 0 saturated carbocycles. The Balaban J connectivity index is 3.68. The summed E-state index contributed by atoms with van der Waals surface area (Å²) in [5.41, 5.74) is 0.295. The Morgan fingerprint density at radius 2 is 2.07 bits per heavy atom. The largest absolute Gasteiger partial charge is 0.461 e. The third-order valence-corrected chi connectivity index (χ3v) is 2.79. The molecule has 14 heavy (non-hydrogen) atoms. The predicted octanol–water partition coefficient (Wildman–Crippen LogP) is 0.0450. The predicted molar refractivity (Wildman–Crippen MR) is 53.2 cm³/mol. The number of sulfonamides is 1. The van der Waals surface area contributed by atoms with Crippen LogP contribution in [0.2, 0.25) is 0 Å². The fourth-order valence-electron chi connectivity index (χ4n) is 0.566. The number of nitrogens with one attached hydrogen (secondary N) is 1. The normalized spacial score (nSPS) is 11.0. The maximum Gasteiger partial charge on any atom is 0.333 e. The molecule has 0 saturated heterocycles. The van der Waals surface area contributed by atoms with Crippen LogP contribution in [0.3, 0.4) is 0 Å². The van der Waals surface area contributed by atoms with Crippen molar-refractivity contribution in [3.05, 3.63) is 12.2 Å². The minimum Gasteiger partial charge on any atom is -0.461 e. The van der Waals surface area contributed by atoms with Gasteiger partial charge in [-0.1, -0.05) is 6.58 Å². The number of carbonyl (C=O) groups is 1. The van der Waals surface area contributed by atoms with E-state index in [1.807, 2.05) is 0 Å². The van der Waals surface area contributed by atoms with Crippen molar-refractivity contribution in [2.24, 2.45) is 0 Å². The molecule has 0 spiro atoms. The molecule has 0 rings (SSSR count). The number of hydrogen-bond donors (Lipinski definition) is 1. The first-order valence-electron chi connectivity index (χ1n) is 4.19. The maximum atomic E-state index is 10.9. The Morgan fingerprint density at radius 3 is 2.50 bits per heavy atom. The molecule has 0 unspecified atom stereocenters. The van der Waals surface area contributed by atoms with Crippen LogP contribution in [0.5, 0.6) is 0 Å². The summed E-state index contributed by atoms with van der Waals surface area (Å²) >= 11 is 0. The van der Waals surface area contributed by atoms with Crippen molar-refractivity contribution in [1.82, 2.24) is 4.72 Å². The third kappa shape index (κ3) is 5.71. The topological polar surface area (TPSA) is 72.5 Å². The van der Waals surface area contributed by atoms with E-state index >= 15 is 0 Å². The van der Waals surface area contributed by atoms with Gasteiger partial charge in [0.25, 0.3) is 0 Å². The van der Waals surface area contributed by atoms with Crippen LogP contribution in [0.4, 0.5) is 0 Å². The monoisotopic (exact) mass is 221 g/mol. The zero-order valence-electron chi connectivity index (χ0n) is 8.37. The molecule has 0 aliphatic rings. The molecule has 0 radical (unpaired) electrons. The molecular weight excluding hydrogens is 206 g/mol. The lowest BCUT2D eigenvalue weighted by Gasteiger charge is -2.05. The van der Waals surface area contributed by atoms with Gasteiger partial charge in [0.05, 0.1) is 5.75 Å². The lowest BCUT2D eigenvalue weighted by molar-refractivity contribution is -0.138. The van der Waals surface area contributed by atoms with Crippen molar-refractivity contribution in [3.8, 4) is 0 Å². The highest BCUT2D eigenvalue weighted by Gasteiger charge is 2.06. The molecule has 0 aromatic rings. The molecule has 0 fully saturated rings. The van der Waals surface area contributed by atoms with Crippen molar-refractivity contribution in [1.29, 1.82) is 0 Å². The first-order chi connectivity index (χ1) is 6.39. The van der Waals surface area contributed by atoms with Crippen LogP contribution in [0.1, 0.15) is 13.8 Å². The fourth-order valence-corrected chi connectivity index (χ4v) is 1.16. The van der Waals surface area contributed by atoms with E-state index in [2.05, 4.69) is 16.0 Å². The molecule has 5 nitrogen and oxygen atoms in total. The van der Waals surface area contributed by atoms with Gasteiger partial charge in [0.15, 0.2) is 0 Å². The smallest absolute Gasteiger partial charge is 0.333 e. The zero-order chi connectivity index (χ0) is 11.2.